The van der Waals surface area contributed by atoms with Gasteiger partial charge in [-0.2, -0.15) is 0 Å². The Bertz CT molecular complexity index is 423. The molecule has 1 aromatic carbocycles. The Labute approximate surface area is 98.5 Å². The molecule has 0 saturated carbocycles. The van der Waals surface area contributed by atoms with Crippen LogP contribution in [-0.2, 0) is 6.42 Å². The van der Waals surface area contributed by atoms with E-state index in [2.05, 4.69) is 44.0 Å². The molecule has 0 N–H and O–H groups in total. The molecule has 0 spiro atoms. The molecule has 1 fully saturated rings. The van der Waals surface area contributed by atoms with Crippen LogP contribution >= 0.6 is 0 Å². The van der Waals surface area contributed by atoms with Gasteiger partial charge in [-0.25, -0.2) is 0 Å². The first-order chi connectivity index (χ1) is 7.62. The fourth-order valence-electron chi connectivity index (χ4n) is 4.01. The van der Waals surface area contributed by atoms with E-state index in [4.69, 9.17) is 0 Å². The van der Waals surface area contributed by atoms with Gasteiger partial charge in [0, 0.05) is 6.04 Å². The zero-order valence-electron chi connectivity index (χ0n) is 10.6. The number of nitrogens with zero attached hydrogens (tertiary/aromatic N) is 1. The Morgan fingerprint density at radius 2 is 2.19 bits per heavy atom. The second-order valence-corrected chi connectivity index (χ2v) is 5.97. The van der Waals surface area contributed by atoms with Crippen LogP contribution in [-0.4, -0.2) is 18.5 Å². The van der Waals surface area contributed by atoms with Gasteiger partial charge in [0.1, 0.15) is 0 Å². The van der Waals surface area contributed by atoms with Crippen molar-refractivity contribution in [3.8, 4) is 0 Å². The minimum Gasteiger partial charge on any atom is -0.299 e. The molecule has 16 heavy (non-hydrogen) atoms. The number of likely N-dealkylation sites (tertiary alicyclic amines) is 1. The summed E-state index contributed by atoms with van der Waals surface area (Å²) in [5.41, 5.74) is 5.20. The first-order valence-corrected chi connectivity index (χ1v) is 6.40. The van der Waals surface area contributed by atoms with Crippen molar-refractivity contribution in [1.82, 2.24) is 4.90 Å². The minimum atomic E-state index is 0.488. The van der Waals surface area contributed by atoms with Gasteiger partial charge < -0.3 is 0 Å². The van der Waals surface area contributed by atoms with E-state index >= 15 is 0 Å². The van der Waals surface area contributed by atoms with Gasteiger partial charge in [-0.15, -0.1) is 0 Å². The van der Waals surface area contributed by atoms with Crippen LogP contribution in [0.2, 0.25) is 0 Å². The molecule has 1 aliphatic carbocycles. The summed E-state index contributed by atoms with van der Waals surface area (Å²) in [5, 5.41) is 0. The highest BCUT2D eigenvalue weighted by Crippen LogP contribution is 2.54. The molecule has 1 nitrogen and oxygen atoms in total. The van der Waals surface area contributed by atoms with E-state index in [1.807, 2.05) is 0 Å². The molecule has 0 unspecified atom stereocenters. The lowest BCUT2D eigenvalue weighted by atomic mass is 9.75. The number of hydrogen-bond donors (Lipinski definition) is 0. The summed E-state index contributed by atoms with van der Waals surface area (Å²) in [6.07, 6.45) is 4.02. The zero-order chi connectivity index (χ0) is 11.3. The van der Waals surface area contributed by atoms with Gasteiger partial charge in [0.2, 0.25) is 0 Å². The molecule has 2 atom stereocenters. The smallest absolute Gasteiger partial charge is 0.0407 e. The molecule has 0 aromatic heterocycles. The van der Waals surface area contributed by atoms with Gasteiger partial charge >= 0.3 is 0 Å². The lowest BCUT2D eigenvalue weighted by Gasteiger charge is -2.43. The van der Waals surface area contributed by atoms with Crippen molar-refractivity contribution in [1.29, 1.82) is 0 Å². The Balaban J connectivity index is 2.14. The third-order valence-electron chi connectivity index (χ3n) is 4.64. The number of benzene rings is 1. The third kappa shape index (κ3) is 1.27. The highest BCUT2D eigenvalue weighted by molar-refractivity contribution is 5.43. The molecule has 2 aliphatic rings. The topological polar surface area (TPSA) is 3.24 Å². The molecule has 1 aromatic rings. The number of rotatable bonds is 0. The summed E-state index contributed by atoms with van der Waals surface area (Å²) < 4.78 is 0. The van der Waals surface area contributed by atoms with Crippen LogP contribution in [0.15, 0.2) is 18.2 Å². The van der Waals surface area contributed by atoms with Crippen molar-refractivity contribution >= 4 is 0 Å². The molecule has 1 saturated heterocycles. The monoisotopic (exact) mass is 215 g/mol. The van der Waals surface area contributed by atoms with Crippen LogP contribution < -0.4 is 0 Å². The maximum atomic E-state index is 2.57. The van der Waals surface area contributed by atoms with Crippen LogP contribution in [0.4, 0.5) is 0 Å². The van der Waals surface area contributed by atoms with Crippen molar-refractivity contribution in [3.05, 3.63) is 34.9 Å². The summed E-state index contributed by atoms with van der Waals surface area (Å²) in [6.45, 7) is 6.01. The number of aryl methyl sites for hydroxylation is 1. The predicted octanol–water partition coefficient (Wildman–Crippen LogP) is 3.32. The van der Waals surface area contributed by atoms with E-state index in [0.717, 1.165) is 0 Å². The molecule has 0 amide bonds. The van der Waals surface area contributed by atoms with Crippen molar-refractivity contribution in [3.63, 3.8) is 0 Å². The van der Waals surface area contributed by atoms with Crippen LogP contribution in [0, 0.1) is 12.3 Å². The molecule has 0 radical (unpaired) electrons. The quantitative estimate of drug-likeness (QED) is 0.641. The van der Waals surface area contributed by atoms with Crippen molar-refractivity contribution in [2.45, 2.75) is 39.2 Å². The maximum absolute atomic E-state index is 2.57. The summed E-state index contributed by atoms with van der Waals surface area (Å²) >= 11 is 0. The third-order valence-corrected chi connectivity index (χ3v) is 4.64. The Morgan fingerprint density at radius 1 is 1.38 bits per heavy atom. The molecule has 86 valence electrons. The van der Waals surface area contributed by atoms with E-state index in [1.54, 1.807) is 11.1 Å². The van der Waals surface area contributed by atoms with E-state index < -0.39 is 0 Å². The molecular formula is C15H21N. The van der Waals surface area contributed by atoms with Gasteiger partial charge in [-0.05, 0) is 61.9 Å². The molecule has 0 bridgehead atoms. The first-order valence-electron chi connectivity index (χ1n) is 6.40. The largest absolute Gasteiger partial charge is 0.299 e. The lowest BCUT2D eigenvalue weighted by molar-refractivity contribution is 0.0587. The van der Waals surface area contributed by atoms with E-state index in [1.165, 1.54) is 31.4 Å². The van der Waals surface area contributed by atoms with Crippen molar-refractivity contribution < 1.29 is 0 Å². The molecule has 1 heterocycles. The highest BCUT2D eigenvalue weighted by atomic mass is 15.2. The second-order valence-electron chi connectivity index (χ2n) is 5.97. The summed E-state index contributed by atoms with van der Waals surface area (Å²) in [5.74, 6) is 0. The van der Waals surface area contributed by atoms with Gasteiger partial charge in [0.05, 0.1) is 0 Å². The van der Waals surface area contributed by atoms with Crippen LogP contribution in [0.3, 0.4) is 0 Å². The van der Waals surface area contributed by atoms with Gasteiger partial charge in [0.25, 0.3) is 0 Å². The van der Waals surface area contributed by atoms with Gasteiger partial charge in [-0.3, -0.25) is 4.90 Å². The fraction of sp³-hybridized carbons (Fsp3) is 0.600. The van der Waals surface area contributed by atoms with Crippen LogP contribution in [0.5, 0.6) is 0 Å². The molecule has 1 heteroatoms. The lowest BCUT2D eigenvalue weighted by Crippen LogP contribution is -2.40. The predicted molar refractivity (Wildman–Crippen MR) is 67.6 cm³/mol. The summed E-state index contributed by atoms with van der Waals surface area (Å²) in [7, 11) is 2.30. The van der Waals surface area contributed by atoms with E-state index in [9.17, 15) is 0 Å². The fourth-order valence-corrected chi connectivity index (χ4v) is 4.01. The first kappa shape index (κ1) is 10.3. The van der Waals surface area contributed by atoms with E-state index in [0.29, 0.717) is 11.5 Å². The maximum Gasteiger partial charge on any atom is 0.0407 e. The molecule has 3 rings (SSSR count). The molecule has 1 aliphatic heterocycles. The average molecular weight is 215 g/mol. The van der Waals surface area contributed by atoms with Gasteiger partial charge in [0.15, 0.2) is 0 Å². The van der Waals surface area contributed by atoms with Crippen molar-refractivity contribution in [2.24, 2.45) is 5.41 Å². The highest BCUT2D eigenvalue weighted by Gasteiger charge is 2.46. The normalized spacial score (nSPS) is 33.6. The molecular weight excluding hydrogens is 194 g/mol. The minimum absolute atomic E-state index is 0.488. The van der Waals surface area contributed by atoms with Crippen LogP contribution in [0.1, 0.15) is 42.5 Å². The van der Waals surface area contributed by atoms with Crippen LogP contribution in [0.25, 0.3) is 0 Å². The average Bonchev–Trinajstić information content (AvgIpc) is 2.52. The van der Waals surface area contributed by atoms with Crippen molar-refractivity contribution in [2.75, 3.05) is 13.6 Å². The Morgan fingerprint density at radius 3 is 3.00 bits per heavy atom. The summed E-state index contributed by atoms with van der Waals surface area (Å²) in [6, 6.07) is 7.49. The number of fused-ring (bicyclic) bond motifs is 3. The number of piperidine rings is 1. The Kier molecular flexibility index (Phi) is 2.16. The zero-order valence-corrected chi connectivity index (χ0v) is 10.6. The van der Waals surface area contributed by atoms with Gasteiger partial charge in [-0.1, -0.05) is 25.1 Å². The van der Waals surface area contributed by atoms with E-state index in [-0.39, 0.29) is 0 Å². The second kappa shape index (κ2) is 3.33. The Hall–Kier alpha value is -0.820. The summed E-state index contributed by atoms with van der Waals surface area (Å²) in [4.78, 5) is 2.57. The standard InChI is InChI=1S/C15H21N/c1-11-6-4-7-12-10-15(2)8-5-9-16(3)14(15)13(11)12/h4,6-7,14H,5,8-10H2,1-3H3/t14-,15+/m1/s1. The number of hydrogen-bond acceptors (Lipinski definition) is 1. The SMILES string of the molecule is Cc1cccc2c1[C@H]1N(C)CCC[C@@]1(C)C2.